The molecule has 1 aliphatic rings. The Bertz CT molecular complexity index is 1550. The van der Waals surface area contributed by atoms with Gasteiger partial charge in [-0.05, 0) is 71.8 Å². The first-order valence-electron chi connectivity index (χ1n) is 13.1. The van der Waals surface area contributed by atoms with Crippen LogP contribution < -0.4 is 5.32 Å². The van der Waals surface area contributed by atoms with E-state index >= 15 is 0 Å². The number of aromatic nitrogens is 3. The predicted octanol–water partition coefficient (Wildman–Crippen LogP) is 6.15. The van der Waals surface area contributed by atoms with Crippen molar-refractivity contribution in [1.82, 2.24) is 19.9 Å². The second-order valence-corrected chi connectivity index (χ2v) is 9.72. The van der Waals surface area contributed by atoms with Gasteiger partial charge in [-0.25, -0.2) is 9.97 Å². The van der Waals surface area contributed by atoms with E-state index in [1.807, 2.05) is 17.0 Å². The fraction of sp³-hybridized carbons (Fsp3) is 0.188. The van der Waals surface area contributed by atoms with Crippen LogP contribution in [0.2, 0.25) is 0 Å². The van der Waals surface area contributed by atoms with Gasteiger partial charge in [0, 0.05) is 42.5 Å². The Hall–Kier alpha value is -4.58. The number of hydrogen-bond donors (Lipinski definition) is 1. The lowest BCUT2D eigenvalue weighted by atomic mass is 10.0. The summed E-state index contributed by atoms with van der Waals surface area (Å²) in [6.45, 7) is 1.38. The molecule has 0 bridgehead atoms. The molecule has 5 aromatic rings. The van der Waals surface area contributed by atoms with E-state index in [-0.39, 0.29) is 5.91 Å². The van der Waals surface area contributed by atoms with Gasteiger partial charge < -0.3 is 10.2 Å². The van der Waals surface area contributed by atoms with Gasteiger partial charge in [0.05, 0.1) is 5.52 Å². The summed E-state index contributed by atoms with van der Waals surface area (Å²) in [6.07, 6.45) is 7.99. The van der Waals surface area contributed by atoms with E-state index in [1.54, 1.807) is 30.9 Å². The highest BCUT2D eigenvalue weighted by atomic mass is 16.2. The first kappa shape index (κ1) is 23.8. The minimum atomic E-state index is 0.0642. The summed E-state index contributed by atoms with van der Waals surface area (Å²) in [6, 6.07) is 29.1. The zero-order valence-corrected chi connectivity index (χ0v) is 21.1. The number of carbonyl (C=O) groups excluding carboxylic acids is 1. The second kappa shape index (κ2) is 10.8. The number of nitrogens with zero attached hydrogens (tertiary/aromatic N) is 4. The first-order valence-corrected chi connectivity index (χ1v) is 13.1. The lowest BCUT2D eigenvalue weighted by molar-refractivity contribution is 0.0730. The summed E-state index contributed by atoms with van der Waals surface area (Å²) >= 11 is 0. The minimum Gasteiger partial charge on any atom is -0.369 e. The number of rotatable bonds is 9. The summed E-state index contributed by atoms with van der Waals surface area (Å²) in [7, 11) is 0. The normalized spacial score (nSPS) is 12.8. The van der Waals surface area contributed by atoms with Crippen LogP contribution >= 0.6 is 0 Å². The Morgan fingerprint density at radius 1 is 0.842 bits per heavy atom. The number of nitrogens with one attached hydrogen (secondary N) is 1. The summed E-state index contributed by atoms with van der Waals surface area (Å²) < 4.78 is 0. The summed E-state index contributed by atoms with van der Waals surface area (Å²) in [5.41, 5.74) is 6.20. The van der Waals surface area contributed by atoms with Crippen LogP contribution in [-0.4, -0.2) is 38.3 Å². The molecule has 38 heavy (non-hydrogen) atoms. The van der Waals surface area contributed by atoms with E-state index in [2.05, 4.69) is 80.9 Å². The number of benzene rings is 3. The third-order valence-electron chi connectivity index (χ3n) is 6.97. The maximum Gasteiger partial charge on any atom is 0.254 e. The highest BCUT2D eigenvalue weighted by Crippen LogP contribution is 2.31. The molecule has 0 saturated heterocycles. The van der Waals surface area contributed by atoms with Gasteiger partial charge in [0.1, 0.15) is 12.1 Å². The molecule has 1 fully saturated rings. The van der Waals surface area contributed by atoms with Crippen LogP contribution in [0.15, 0.2) is 104 Å². The molecule has 6 nitrogen and oxygen atoms in total. The highest BCUT2D eigenvalue weighted by molar-refractivity contribution is 5.94. The van der Waals surface area contributed by atoms with Crippen molar-refractivity contribution in [3.8, 4) is 11.1 Å². The van der Waals surface area contributed by atoms with Crippen molar-refractivity contribution in [3.05, 3.63) is 120 Å². The topological polar surface area (TPSA) is 71.0 Å². The van der Waals surface area contributed by atoms with Crippen LogP contribution in [0.4, 0.5) is 5.82 Å². The first-order chi connectivity index (χ1) is 18.7. The SMILES string of the molecule is O=C(c1ccncc1)N(Cc1cccc(-c2ccc3ncnc(NCCc4ccccc4)c3c2)c1)C1CC1. The van der Waals surface area contributed by atoms with Gasteiger partial charge in [0.15, 0.2) is 0 Å². The summed E-state index contributed by atoms with van der Waals surface area (Å²) in [5.74, 6) is 0.904. The third-order valence-corrected chi connectivity index (χ3v) is 6.97. The monoisotopic (exact) mass is 499 g/mol. The Labute approximate surface area is 222 Å². The Balaban J connectivity index is 1.23. The molecule has 0 radical (unpaired) electrons. The average Bonchev–Trinajstić information content (AvgIpc) is 3.82. The molecular weight excluding hydrogens is 470 g/mol. The van der Waals surface area contributed by atoms with Gasteiger partial charge in [0.25, 0.3) is 5.91 Å². The molecule has 1 saturated carbocycles. The smallest absolute Gasteiger partial charge is 0.254 e. The van der Waals surface area contributed by atoms with Crippen molar-refractivity contribution in [2.45, 2.75) is 31.8 Å². The van der Waals surface area contributed by atoms with Crippen LogP contribution in [0.25, 0.3) is 22.0 Å². The van der Waals surface area contributed by atoms with E-state index in [0.717, 1.165) is 59.2 Å². The Kier molecular flexibility index (Phi) is 6.77. The molecule has 2 aromatic heterocycles. The lowest BCUT2D eigenvalue weighted by Gasteiger charge is -2.23. The lowest BCUT2D eigenvalue weighted by Crippen LogP contribution is -2.32. The molecule has 3 aromatic carbocycles. The van der Waals surface area contributed by atoms with Crippen LogP contribution in [0, 0.1) is 0 Å². The molecular formula is C32H29N5O. The molecule has 0 atom stereocenters. The van der Waals surface area contributed by atoms with Gasteiger partial charge in [-0.15, -0.1) is 0 Å². The molecule has 6 heteroatoms. The Morgan fingerprint density at radius 2 is 1.63 bits per heavy atom. The molecule has 6 rings (SSSR count). The quantitative estimate of drug-likeness (QED) is 0.263. The fourth-order valence-corrected chi connectivity index (χ4v) is 4.81. The predicted molar refractivity (Wildman–Crippen MR) is 151 cm³/mol. The van der Waals surface area contributed by atoms with E-state index in [4.69, 9.17) is 0 Å². The maximum absolute atomic E-state index is 13.2. The largest absolute Gasteiger partial charge is 0.369 e. The number of fused-ring (bicyclic) bond motifs is 1. The minimum absolute atomic E-state index is 0.0642. The summed E-state index contributed by atoms with van der Waals surface area (Å²) in [5, 5.41) is 4.50. The van der Waals surface area contributed by atoms with Crippen molar-refractivity contribution >= 4 is 22.6 Å². The molecule has 1 aliphatic carbocycles. The molecule has 2 heterocycles. The van der Waals surface area contributed by atoms with Crippen molar-refractivity contribution in [2.24, 2.45) is 0 Å². The number of anilines is 1. The standard InChI is InChI=1S/C32H29N5O/c38-32(25-14-16-33-17-15-25)37(28-10-11-28)21-24-7-4-8-26(19-24)27-9-12-30-29(20-27)31(36-22-35-30)34-18-13-23-5-2-1-3-6-23/h1-9,12,14-17,19-20,22,28H,10-11,13,18,21H2,(H,34,35,36). The zero-order valence-electron chi connectivity index (χ0n) is 21.1. The van der Waals surface area contributed by atoms with Gasteiger partial charge in [-0.2, -0.15) is 0 Å². The van der Waals surface area contributed by atoms with E-state index in [1.165, 1.54) is 5.56 Å². The molecule has 188 valence electrons. The van der Waals surface area contributed by atoms with Gasteiger partial charge >= 0.3 is 0 Å². The van der Waals surface area contributed by atoms with Gasteiger partial charge in [0.2, 0.25) is 0 Å². The average molecular weight is 500 g/mol. The molecule has 0 spiro atoms. The molecule has 1 amide bonds. The van der Waals surface area contributed by atoms with Crippen molar-refractivity contribution in [1.29, 1.82) is 0 Å². The summed E-state index contributed by atoms with van der Waals surface area (Å²) in [4.78, 5) is 28.3. The van der Waals surface area contributed by atoms with Crippen LogP contribution in [-0.2, 0) is 13.0 Å². The Morgan fingerprint density at radius 3 is 2.45 bits per heavy atom. The van der Waals surface area contributed by atoms with Crippen molar-refractivity contribution in [2.75, 3.05) is 11.9 Å². The van der Waals surface area contributed by atoms with Crippen LogP contribution in [0.1, 0.15) is 34.3 Å². The third kappa shape index (κ3) is 5.39. The number of pyridine rings is 1. The van der Waals surface area contributed by atoms with Gasteiger partial charge in [-0.3, -0.25) is 9.78 Å². The van der Waals surface area contributed by atoms with Gasteiger partial charge in [-0.1, -0.05) is 54.6 Å². The highest BCUT2D eigenvalue weighted by Gasteiger charge is 2.33. The molecule has 0 unspecified atom stereocenters. The zero-order chi connectivity index (χ0) is 25.7. The van der Waals surface area contributed by atoms with E-state index in [9.17, 15) is 4.79 Å². The maximum atomic E-state index is 13.2. The van der Waals surface area contributed by atoms with Crippen LogP contribution in [0.5, 0.6) is 0 Å². The van der Waals surface area contributed by atoms with Crippen molar-refractivity contribution < 1.29 is 4.79 Å². The van der Waals surface area contributed by atoms with E-state index in [0.29, 0.717) is 18.2 Å². The molecule has 1 N–H and O–H groups in total. The number of carbonyl (C=O) groups is 1. The van der Waals surface area contributed by atoms with Crippen LogP contribution in [0.3, 0.4) is 0 Å². The van der Waals surface area contributed by atoms with E-state index < -0.39 is 0 Å². The molecule has 0 aliphatic heterocycles. The second-order valence-electron chi connectivity index (χ2n) is 9.72. The fourth-order valence-electron chi connectivity index (χ4n) is 4.81. The number of amides is 1. The van der Waals surface area contributed by atoms with Crippen molar-refractivity contribution in [3.63, 3.8) is 0 Å². The number of hydrogen-bond acceptors (Lipinski definition) is 5.